The second-order valence-corrected chi connectivity index (χ2v) is 8.04. The topological polar surface area (TPSA) is 88.6 Å². The number of carbonyl (C=O) groups is 3. The first-order valence-electron chi connectivity index (χ1n) is 10.1. The number of amides is 2. The molecule has 1 atom stereocenters. The van der Waals surface area contributed by atoms with Gasteiger partial charge in [-0.3, -0.25) is 14.6 Å². The van der Waals surface area contributed by atoms with E-state index in [9.17, 15) is 14.4 Å². The molecule has 0 fully saturated rings. The molecule has 1 aromatic heterocycles. The monoisotopic (exact) mass is 475 g/mol. The van der Waals surface area contributed by atoms with Gasteiger partial charge in [-0.05, 0) is 43.7 Å². The molecule has 9 heteroatoms. The van der Waals surface area contributed by atoms with Crippen LogP contribution >= 0.6 is 23.2 Å². The predicted molar refractivity (Wildman–Crippen MR) is 121 cm³/mol. The van der Waals surface area contributed by atoms with Gasteiger partial charge in [-0.15, -0.1) is 0 Å². The van der Waals surface area contributed by atoms with Crippen molar-refractivity contribution in [3.63, 3.8) is 0 Å². The van der Waals surface area contributed by atoms with E-state index in [1.165, 1.54) is 4.90 Å². The Bertz CT molecular complexity index is 1060. The summed E-state index contributed by atoms with van der Waals surface area (Å²) >= 11 is 12.2. The molecular weight excluding hydrogens is 453 g/mol. The third-order valence-electron chi connectivity index (χ3n) is 5.16. The van der Waals surface area contributed by atoms with Gasteiger partial charge in [-0.2, -0.15) is 0 Å². The molecule has 7 nitrogen and oxygen atoms in total. The molecule has 0 saturated carbocycles. The molecule has 2 heterocycles. The van der Waals surface area contributed by atoms with Crippen molar-refractivity contribution in [3.8, 4) is 0 Å². The zero-order chi connectivity index (χ0) is 23.3. The van der Waals surface area contributed by atoms with Gasteiger partial charge in [0.15, 0.2) is 0 Å². The van der Waals surface area contributed by atoms with Crippen LogP contribution in [0.2, 0.25) is 10.0 Å². The molecule has 3 rings (SSSR count). The van der Waals surface area contributed by atoms with Gasteiger partial charge in [0.25, 0.3) is 0 Å². The van der Waals surface area contributed by atoms with E-state index in [0.29, 0.717) is 32.6 Å². The first-order chi connectivity index (χ1) is 15.3. The van der Waals surface area contributed by atoms with Crippen LogP contribution in [0.3, 0.4) is 0 Å². The molecule has 1 aliphatic heterocycles. The van der Waals surface area contributed by atoms with Gasteiger partial charge in [0.2, 0.25) is 11.8 Å². The summed E-state index contributed by atoms with van der Waals surface area (Å²) < 4.78 is 5.25. The Balaban J connectivity index is 1.86. The van der Waals surface area contributed by atoms with Crippen LogP contribution in [-0.2, 0) is 25.7 Å². The lowest BCUT2D eigenvalue weighted by molar-refractivity contribution is -0.141. The molecule has 0 radical (unpaired) electrons. The van der Waals surface area contributed by atoms with Crippen molar-refractivity contribution < 1.29 is 19.1 Å². The van der Waals surface area contributed by atoms with Crippen molar-refractivity contribution >= 4 is 41.0 Å². The third-order valence-corrected chi connectivity index (χ3v) is 5.90. The van der Waals surface area contributed by atoms with Crippen molar-refractivity contribution in [2.24, 2.45) is 0 Å². The number of benzene rings is 1. The standard InChI is InChI=1S/C23H23Cl2N3O4/c1-3-32-23(31)22-14(2)28(13-20(29)27-12-16-6-4-5-9-26-16)21(30)11-17(22)15-7-8-18(24)19(25)10-15/h4-10,17H,3,11-13H2,1-2H3,(H,27,29). The van der Waals surface area contributed by atoms with Gasteiger partial charge >= 0.3 is 5.97 Å². The molecule has 1 N–H and O–H groups in total. The number of allylic oxidation sites excluding steroid dienone is 1. The summed E-state index contributed by atoms with van der Waals surface area (Å²) in [5, 5.41) is 3.45. The van der Waals surface area contributed by atoms with Crippen molar-refractivity contribution in [2.45, 2.75) is 32.7 Å². The lowest BCUT2D eigenvalue weighted by Crippen LogP contribution is -2.44. The number of rotatable bonds is 7. The second kappa shape index (κ2) is 10.6. The summed E-state index contributed by atoms with van der Waals surface area (Å²) in [5.41, 5.74) is 2.07. The van der Waals surface area contributed by atoms with Gasteiger partial charge in [-0.1, -0.05) is 35.3 Å². The van der Waals surface area contributed by atoms with Crippen LogP contribution in [0.4, 0.5) is 0 Å². The molecule has 0 saturated heterocycles. The predicted octanol–water partition coefficient (Wildman–Crippen LogP) is 3.86. The highest BCUT2D eigenvalue weighted by Gasteiger charge is 2.37. The van der Waals surface area contributed by atoms with E-state index in [1.807, 2.05) is 6.07 Å². The largest absolute Gasteiger partial charge is 0.463 e. The van der Waals surface area contributed by atoms with E-state index in [1.54, 1.807) is 50.4 Å². The highest BCUT2D eigenvalue weighted by atomic mass is 35.5. The summed E-state index contributed by atoms with van der Waals surface area (Å²) in [5.74, 6) is -1.73. The summed E-state index contributed by atoms with van der Waals surface area (Å²) in [6.45, 7) is 3.55. The zero-order valence-corrected chi connectivity index (χ0v) is 19.2. The minimum absolute atomic E-state index is 0.00301. The van der Waals surface area contributed by atoms with E-state index in [0.717, 1.165) is 0 Å². The number of esters is 1. The molecule has 0 bridgehead atoms. The number of carbonyl (C=O) groups excluding carboxylic acids is 3. The number of ether oxygens (including phenoxy) is 1. The minimum atomic E-state index is -0.552. The van der Waals surface area contributed by atoms with Gasteiger partial charge in [0.1, 0.15) is 6.54 Å². The molecule has 2 aromatic rings. The Morgan fingerprint density at radius 2 is 2.00 bits per heavy atom. The smallest absolute Gasteiger partial charge is 0.336 e. The minimum Gasteiger partial charge on any atom is -0.463 e. The maximum atomic E-state index is 13.0. The van der Waals surface area contributed by atoms with Crippen molar-refractivity contribution in [2.75, 3.05) is 13.2 Å². The fourth-order valence-electron chi connectivity index (χ4n) is 3.58. The molecule has 1 aromatic carbocycles. The molecule has 1 aliphatic rings. The number of hydrogen-bond acceptors (Lipinski definition) is 5. The molecular formula is C23H23Cl2N3O4. The Morgan fingerprint density at radius 1 is 1.22 bits per heavy atom. The highest BCUT2D eigenvalue weighted by Crippen LogP contribution is 2.38. The molecule has 0 aliphatic carbocycles. The van der Waals surface area contributed by atoms with E-state index >= 15 is 0 Å². The number of nitrogens with one attached hydrogen (secondary N) is 1. The molecule has 168 valence electrons. The fraction of sp³-hybridized carbons (Fsp3) is 0.304. The number of halogens is 2. The summed E-state index contributed by atoms with van der Waals surface area (Å²) in [4.78, 5) is 43.7. The van der Waals surface area contributed by atoms with Crippen LogP contribution in [0.1, 0.15) is 37.4 Å². The van der Waals surface area contributed by atoms with Crippen LogP contribution in [0.15, 0.2) is 53.9 Å². The summed E-state index contributed by atoms with van der Waals surface area (Å²) in [7, 11) is 0. The van der Waals surface area contributed by atoms with Crippen molar-refractivity contribution in [3.05, 3.63) is 75.2 Å². The van der Waals surface area contributed by atoms with Crippen molar-refractivity contribution in [1.82, 2.24) is 15.2 Å². The van der Waals surface area contributed by atoms with E-state index in [2.05, 4.69) is 10.3 Å². The molecule has 1 unspecified atom stereocenters. The normalized spacial score (nSPS) is 16.2. The lowest BCUT2D eigenvalue weighted by atomic mass is 9.83. The number of hydrogen-bond donors (Lipinski definition) is 1. The maximum Gasteiger partial charge on any atom is 0.336 e. The van der Waals surface area contributed by atoms with E-state index in [-0.39, 0.29) is 37.9 Å². The number of aromatic nitrogens is 1. The Kier molecular flexibility index (Phi) is 7.88. The van der Waals surface area contributed by atoms with Crippen LogP contribution in [0, 0.1) is 0 Å². The first-order valence-corrected chi connectivity index (χ1v) is 10.9. The Morgan fingerprint density at radius 3 is 2.66 bits per heavy atom. The molecule has 32 heavy (non-hydrogen) atoms. The SMILES string of the molecule is CCOC(=O)C1=C(C)N(CC(=O)NCc2ccccn2)C(=O)CC1c1ccc(Cl)c(Cl)c1. The highest BCUT2D eigenvalue weighted by molar-refractivity contribution is 6.42. The quantitative estimate of drug-likeness (QED) is 0.614. The Labute approximate surface area is 196 Å². The third kappa shape index (κ3) is 5.47. The van der Waals surface area contributed by atoms with E-state index in [4.69, 9.17) is 27.9 Å². The average molecular weight is 476 g/mol. The van der Waals surface area contributed by atoms with Gasteiger partial charge in [0, 0.05) is 24.2 Å². The van der Waals surface area contributed by atoms with Gasteiger partial charge in [0.05, 0.1) is 34.5 Å². The van der Waals surface area contributed by atoms with Crippen molar-refractivity contribution in [1.29, 1.82) is 0 Å². The first kappa shape index (κ1) is 23.8. The average Bonchev–Trinajstić information content (AvgIpc) is 2.77. The van der Waals surface area contributed by atoms with E-state index < -0.39 is 11.9 Å². The van der Waals surface area contributed by atoms with Gasteiger partial charge < -0.3 is 15.0 Å². The lowest BCUT2D eigenvalue weighted by Gasteiger charge is -2.34. The van der Waals surface area contributed by atoms with Crippen LogP contribution in [0.5, 0.6) is 0 Å². The van der Waals surface area contributed by atoms with Crippen LogP contribution < -0.4 is 5.32 Å². The van der Waals surface area contributed by atoms with Crippen LogP contribution in [0.25, 0.3) is 0 Å². The Hall–Kier alpha value is -2.90. The fourth-order valence-corrected chi connectivity index (χ4v) is 3.89. The second-order valence-electron chi connectivity index (χ2n) is 7.23. The van der Waals surface area contributed by atoms with Gasteiger partial charge in [-0.25, -0.2) is 4.79 Å². The van der Waals surface area contributed by atoms with Crippen LogP contribution in [-0.4, -0.2) is 40.8 Å². The number of nitrogens with zero attached hydrogens (tertiary/aromatic N) is 2. The maximum absolute atomic E-state index is 13.0. The number of pyridine rings is 1. The summed E-state index contributed by atoms with van der Waals surface area (Å²) in [6, 6.07) is 10.4. The zero-order valence-electron chi connectivity index (χ0n) is 17.7. The molecule has 2 amide bonds. The summed E-state index contributed by atoms with van der Waals surface area (Å²) in [6.07, 6.45) is 1.63. The molecule has 0 spiro atoms.